The summed E-state index contributed by atoms with van der Waals surface area (Å²) in [4.78, 5) is 3.74. The summed E-state index contributed by atoms with van der Waals surface area (Å²) in [6.07, 6.45) is -3.59. The Bertz CT molecular complexity index is 343. The summed E-state index contributed by atoms with van der Waals surface area (Å²) >= 11 is 5.76. The summed E-state index contributed by atoms with van der Waals surface area (Å²) in [5.41, 5.74) is 0.603. The molecule has 0 spiro atoms. The van der Waals surface area contributed by atoms with E-state index in [4.69, 9.17) is 11.6 Å². The maximum atomic E-state index is 11.9. The van der Waals surface area contributed by atoms with E-state index < -0.39 is 18.7 Å². The van der Waals surface area contributed by atoms with Crippen molar-refractivity contribution in [2.75, 3.05) is 0 Å². The van der Waals surface area contributed by atoms with Gasteiger partial charge >= 0.3 is 6.18 Å². The summed E-state index contributed by atoms with van der Waals surface area (Å²) in [7, 11) is 0. The number of hydrogen-bond acceptors (Lipinski definition) is 2. The third-order valence-electron chi connectivity index (χ3n) is 2.07. The highest BCUT2D eigenvalue weighted by Crippen LogP contribution is 2.24. The Morgan fingerprint density at radius 2 is 2.12 bits per heavy atom. The topological polar surface area (TPSA) is 33.1 Å². The van der Waals surface area contributed by atoms with Gasteiger partial charge in [-0.2, -0.15) is 13.2 Å². The second kappa shape index (κ2) is 5.50. The zero-order valence-electron chi connectivity index (χ0n) is 8.34. The van der Waals surface area contributed by atoms with E-state index in [2.05, 4.69) is 4.98 Å². The Morgan fingerprint density at radius 1 is 1.44 bits per heavy atom. The maximum absolute atomic E-state index is 11.9. The van der Waals surface area contributed by atoms with Gasteiger partial charge in [-0.15, -0.1) is 0 Å². The normalized spacial score (nSPS) is 13.8. The Hall–Kier alpha value is -0.810. The van der Waals surface area contributed by atoms with E-state index in [1.807, 2.05) is 0 Å². The van der Waals surface area contributed by atoms with E-state index in [0.717, 1.165) is 0 Å². The number of aromatic nitrogens is 1. The first-order chi connectivity index (χ1) is 7.38. The van der Waals surface area contributed by atoms with Gasteiger partial charge in [-0.3, -0.25) is 4.98 Å². The number of pyridine rings is 1. The first-order valence-electron chi connectivity index (χ1n) is 4.71. The van der Waals surface area contributed by atoms with Crippen LogP contribution < -0.4 is 0 Å². The van der Waals surface area contributed by atoms with E-state index in [1.54, 1.807) is 6.07 Å². The van der Waals surface area contributed by atoms with Crippen LogP contribution in [0.1, 0.15) is 18.4 Å². The molecule has 6 heteroatoms. The van der Waals surface area contributed by atoms with Gasteiger partial charge in [0.15, 0.2) is 0 Å². The van der Waals surface area contributed by atoms with Crippen molar-refractivity contribution in [1.82, 2.24) is 4.98 Å². The third kappa shape index (κ3) is 4.81. The van der Waals surface area contributed by atoms with Crippen molar-refractivity contribution in [3.63, 3.8) is 0 Å². The summed E-state index contributed by atoms with van der Waals surface area (Å²) < 4.78 is 35.7. The van der Waals surface area contributed by atoms with E-state index >= 15 is 0 Å². The monoisotopic (exact) mass is 253 g/mol. The standard InChI is InChI=1S/C10H11ClF3NO/c11-9-6-15-4-2-7(9)5-8(16)1-3-10(12,13)14/h2,4,6,8,16H,1,3,5H2. The SMILES string of the molecule is OC(CCC(F)(F)F)Cc1ccncc1Cl. The van der Waals surface area contributed by atoms with Crippen LogP contribution in [-0.2, 0) is 6.42 Å². The molecule has 0 amide bonds. The molecule has 1 unspecified atom stereocenters. The minimum absolute atomic E-state index is 0.109. The Balaban J connectivity index is 2.46. The van der Waals surface area contributed by atoms with Gasteiger partial charge in [0.1, 0.15) is 0 Å². The first kappa shape index (κ1) is 13.3. The van der Waals surface area contributed by atoms with Crippen LogP contribution in [0, 0.1) is 0 Å². The second-order valence-corrected chi connectivity index (χ2v) is 3.89. The molecule has 0 radical (unpaired) electrons. The summed E-state index contributed by atoms with van der Waals surface area (Å²) in [6.45, 7) is 0. The molecule has 0 saturated carbocycles. The van der Waals surface area contributed by atoms with Crippen LogP contribution in [0.2, 0.25) is 5.02 Å². The lowest BCUT2D eigenvalue weighted by Gasteiger charge is -2.12. The molecule has 0 aliphatic carbocycles. The molecule has 1 aromatic rings. The van der Waals surface area contributed by atoms with Crippen molar-refractivity contribution in [3.05, 3.63) is 29.0 Å². The van der Waals surface area contributed by atoms with Gasteiger partial charge in [0.2, 0.25) is 0 Å². The number of aliphatic hydroxyl groups excluding tert-OH is 1. The fourth-order valence-corrected chi connectivity index (χ4v) is 1.45. The van der Waals surface area contributed by atoms with Crippen LogP contribution in [-0.4, -0.2) is 22.4 Å². The van der Waals surface area contributed by atoms with Crippen LogP contribution in [0.5, 0.6) is 0 Å². The average molecular weight is 254 g/mol. The van der Waals surface area contributed by atoms with Crippen LogP contribution in [0.3, 0.4) is 0 Å². The predicted octanol–water partition coefficient (Wildman–Crippen LogP) is 2.98. The summed E-state index contributed by atoms with van der Waals surface area (Å²) in [6, 6.07) is 1.58. The van der Waals surface area contributed by atoms with Crippen molar-refractivity contribution in [3.8, 4) is 0 Å². The molecule has 1 heterocycles. The minimum atomic E-state index is -4.23. The molecule has 0 aromatic carbocycles. The lowest BCUT2D eigenvalue weighted by Crippen LogP contribution is -2.16. The van der Waals surface area contributed by atoms with Gasteiger partial charge in [-0.1, -0.05) is 11.6 Å². The van der Waals surface area contributed by atoms with Crippen LogP contribution in [0.15, 0.2) is 18.5 Å². The van der Waals surface area contributed by atoms with Crippen LogP contribution in [0.25, 0.3) is 0 Å². The van der Waals surface area contributed by atoms with E-state index in [1.165, 1.54) is 12.4 Å². The second-order valence-electron chi connectivity index (χ2n) is 3.48. The fraction of sp³-hybridized carbons (Fsp3) is 0.500. The molecule has 0 bridgehead atoms. The van der Waals surface area contributed by atoms with Crippen molar-refractivity contribution in [1.29, 1.82) is 0 Å². The maximum Gasteiger partial charge on any atom is 0.389 e. The van der Waals surface area contributed by atoms with E-state index in [9.17, 15) is 18.3 Å². The Labute approximate surface area is 96.1 Å². The molecule has 1 aromatic heterocycles. The number of nitrogens with zero attached hydrogens (tertiary/aromatic N) is 1. The molecular weight excluding hydrogens is 243 g/mol. The molecule has 2 nitrogen and oxygen atoms in total. The van der Waals surface area contributed by atoms with Crippen molar-refractivity contribution in [2.45, 2.75) is 31.5 Å². The fourth-order valence-electron chi connectivity index (χ4n) is 1.26. The van der Waals surface area contributed by atoms with Crippen molar-refractivity contribution in [2.24, 2.45) is 0 Å². The van der Waals surface area contributed by atoms with Crippen LogP contribution in [0.4, 0.5) is 13.2 Å². The van der Waals surface area contributed by atoms with Gasteiger partial charge in [-0.25, -0.2) is 0 Å². The lowest BCUT2D eigenvalue weighted by molar-refractivity contribution is -0.139. The summed E-state index contributed by atoms with van der Waals surface area (Å²) in [5, 5.41) is 9.77. The van der Waals surface area contributed by atoms with Gasteiger partial charge in [0.05, 0.1) is 11.1 Å². The van der Waals surface area contributed by atoms with Crippen molar-refractivity contribution < 1.29 is 18.3 Å². The molecule has 90 valence electrons. The highest BCUT2D eigenvalue weighted by atomic mass is 35.5. The minimum Gasteiger partial charge on any atom is -0.393 e. The number of aliphatic hydroxyl groups is 1. The highest BCUT2D eigenvalue weighted by Gasteiger charge is 2.27. The molecular formula is C10H11ClF3NO. The van der Waals surface area contributed by atoms with Crippen molar-refractivity contribution >= 4 is 11.6 Å². The zero-order valence-corrected chi connectivity index (χ0v) is 9.09. The zero-order chi connectivity index (χ0) is 12.2. The molecule has 0 saturated heterocycles. The Morgan fingerprint density at radius 3 is 2.69 bits per heavy atom. The molecule has 0 fully saturated rings. The molecule has 1 atom stereocenters. The van der Waals surface area contributed by atoms with Gasteiger partial charge in [0.25, 0.3) is 0 Å². The Kier molecular flexibility index (Phi) is 4.56. The average Bonchev–Trinajstić information content (AvgIpc) is 2.18. The molecule has 0 aliphatic heterocycles. The lowest BCUT2D eigenvalue weighted by atomic mass is 10.1. The van der Waals surface area contributed by atoms with Gasteiger partial charge in [0, 0.05) is 18.8 Å². The predicted molar refractivity (Wildman–Crippen MR) is 54.2 cm³/mol. The number of hydrogen-bond donors (Lipinski definition) is 1. The number of rotatable bonds is 4. The van der Waals surface area contributed by atoms with E-state index in [-0.39, 0.29) is 12.8 Å². The van der Waals surface area contributed by atoms with Gasteiger partial charge < -0.3 is 5.11 Å². The molecule has 0 aliphatic rings. The number of halogens is 4. The molecule has 1 N–H and O–H groups in total. The smallest absolute Gasteiger partial charge is 0.389 e. The van der Waals surface area contributed by atoms with E-state index in [0.29, 0.717) is 10.6 Å². The third-order valence-corrected chi connectivity index (χ3v) is 2.41. The largest absolute Gasteiger partial charge is 0.393 e. The quantitative estimate of drug-likeness (QED) is 0.895. The molecule has 1 rings (SSSR count). The number of alkyl halides is 3. The first-order valence-corrected chi connectivity index (χ1v) is 5.09. The van der Waals surface area contributed by atoms with Gasteiger partial charge in [-0.05, 0) is 24.5 Å². The summed E-state index contributed by atoms with van der Waals surface area (Å²) in [5.74, 6) is 0. The molecule has 16 heavy (non-hydrogen) atoms. The highest BCUT2D eigenvalue weighted by molar-refractivity contribution is 6.31. The van der Waals surface area contributed by atoms with Crippen LogP contribution >= 0.6 is 11.6 Å².